The van der Waals surface area contributed by atoms with Crippen molar-refractivity contribution in [3.63, 3.8) is 0 Å². The highest BCUT2D eigenvalue weighted by Gasteiger charge is 2.05. The number of amides is 3. The van der Waals surface area contributed by atoms with Crippen molar-refractivity contribution in [1.29, 1.82) is 0 Å². The Bertz CT molecular complexity index is 201. The molecule has 4 heteroatoms. The van der Waals surface area contributed by atoms with Crippen LogP contribution in [0.25, 0.3) is 0 Å². The first-order valence-corrected chi connectivity index (χ1v) is 4.94. The normalized spacial score (nSPS) is 6.73. The standard InChI is InChI=1S/C7H10N2O2.2C2H6/c1-4-6(10)8-7(11)9(3)5-2;2*1-2/h4-5H,1-2H2,3H3,(H,8,10,11);2*1-2H3. The summed E-state index contributed by atoms with van der Waals surface area (Å²) in [6.07, 6.45) is 2.32. The van der Waals surface area contributed by atoms with Crippen LogP contribution in [0.4, 0.5) is 4.79 Å². The van der Waals surface area contributed by atoms with Crippen LogP contribution in [0, 0.1) is 0 Å². The SMILES string of the molecule is C=CC(=O)NC(=O)N(C)C=C.CC.CC. The van der Waals surface area contributed by atoms with Gasteiger partial charge in [-0.05, 0) is 6.08 Å². The Balaban J connectivity index is -0.000000318. The highest BCUT2D eigenvalue weighted by molar-refractivity contribution is 6.00. The molecule has 0 bridgehead atoms. The summed E-state index contributed by atoms with van der Waals surface area (Å²) >= 11 is 0. The second kappa shape index (κ2) is 14.9. The van der Waals surface area contributed by atoms with Gasteiger partial charge in [-0.3, -0.25) is 10.1 Å². The van der Waals surface area contributed by atoms with E-state index < -0.39 is 11.9 Å². The first kappa shape index (κ1) is 19.1. The predicted molar refractivity (Wildman–Crippen MR) is 64.4 cm³/mol. The first-order valence-electron chi connectivity index (χ1n) is 4.94. The van der Waals surface area contributed by atoms with Crippen molar-refractivity contribution in [2.45, 2.75) is 27.7 Å². The van der Waals surface area contributed by atoms with E-state index >= 15 is 0 Å². The second-order valence-corrected chi connectivity index (χ2v) is 1.79. The third-order valence-corrected chi connectivity index (χ3v) is 1.01. The van der Waals surface area contributed by atoms with E-state index in [9.17, 15) is 9.59 Å². The summed E-state index contributed by atoms with van der Waals surface area (Å²) in [5.41, 5.74) is 0. The van der Waals surface area contributed by atoms with Gasteiger partial charge < -0.3 is 4.90 Å². The van der Waals surface area contributed by atoms with Gasteiger partial charge in [-0.25, -0.2) is 4.79 Å². The Morgan fingerprint density at radius 2 is 1.53 bits per heavy atom. The zero-order chi connectivity index (χ0) is 12.9. The van der Waals surface area contributed by atoms with Crippen molar-refractivity contribution in [2.24, 2.45) is 0 Å². The molecule has 0 radical (unpaired) electrons. The van der Waals surface area contributed by atoms with Crippen LogP contribution in [-0.2, 0) is 4.79 Å². The molecule has 0 rings (SSSR count). The minimum Gasteiger partial charge on any atom is -0.304 e. The van der Waals surface area contributed by atoms with Gasteiger partial charge in [0.1, 0.15) is 0 Å². The number of carbonyl (C=O) groups excluding carboxylic acids is 2. The lowest BCUT2D eigenvalue weighted by Crippen LogP contribution is -2.36. The van der Waals surface area contributed by atoms with Crippen molar-refractivity contribution in [1.82, 2.24) is 10.2 Å². The molecule has 0 heterocycles. The van der Waals surface area contributed by atoms with Gasteiger partial charge >= 0.3 is 6.03 Å². The van der Waals surface area contributed by atoms with Crippen LogP contribution >= 0.6 is 0 Å². The minimum absolute atomic E-state index is 0.523. The van der Waals surface area contributed by atoms with Crippen LogP contribution in [-0.4, -0.2) is 23.9 Å². The third-order valence-electron chi connectivity index (χ3n) is 1.01. The maximum Gasteiger partial charge on any atom is 0.328 e. The van der Waals surface area contributed by atoms with Gasteiger partial charge in [0.25, 0.3) is 5.91 Å². The lowest BCUT2D eigenvalue weighted by atomic mass is 10.6. The highest BCUT2D eigenvalue weighted by Crippen LogP contribution is 1.82. The van der Waals surface area contributed by atoms with Crippen molar-refractivity contribution in [3.8, 4) is 0 Å². The zero-order valence-corrected chi connectivity index (χ0v) is 10.3. The number of rotatable bonds is 2. The zero-order valence-electron chi connectivity index (χ0n) is 10.3. The third kappa shape index (κ3) is 12.4. The maximum absolute atomic E-state index is 10.8. The van der Waals surface area contributed by atoms with E-state index in [0.717, 1.165) is 11.0 Å². The fraction of sp³-hybridized carbons (Fsp3) is 0.455. The molecule has 4 nitrogen and oxygen atoms in total. The monoisotopic (exact) mass is 214 g/mol. The van der Waals surface area contributed by atoms with Gasteiger partial charge in [0.15, 0.2) is 0 Å². The molecule has 15 heavy (non-hydrogen) atoms. The molecule has 0 aliphatic rings. The largest absolute Gasteiger partial charge is 0.328 e. The fourth-order valence-electron chi connectivity index (χ4n) is 0.328. The summed E-state index contributed by atoms with van der Waals surface area (Å²) in [6, 6.07) is -0.523. The molecule has 0 aromatic heterocycles. The molecule has 0 fully saturated rings. The van der Waals surface area contributed by atoms with E-state index in [-0.39, 0.29) is 0 Å². The Morgan fingerprint density at radius 1 is 1.13 bits per heavy atom. The lowest BCUT2D eigenvalue weighted by molar-refractivity contribution is -0.115. The highest BCUT2D eigenvalue weighted by atomic mass is 16.2. The van der Waals surface area contributed by atoms with E-state index in [1.165, 1.54) is 13.2 Å². The topological polar surface area (TPSA) is 49.4 Å². The Labute approximate surface area is 92.7 Å². The summed E-state index contributed by atoms with van der Waals surface area (Å²) in [5, 5.41) is 2.04. The molecule has 0 atom stereocenters. The van der Waals surface area contributed by atoms with Crippen LogP contribution in [0.1, 0.15) is 27.7 Å². The van der Waals surface area contributed by atoms with Crippen molar-refractivity contribution >= 4 is 11.9 Å². The van der Waals surface area contributed by atoms with E-state index in [2.05, 4.69) is 13.2 Å². The number of urea groups is 1. The summed E-state index contributed by atoms with van der Waals surface area (Å²) in [7, 11) is 1.48. The summed E-state index contributed by atoms with van der Waals surface area (Å²) in [6.45, 7) is 14.5. The number of hydrogen-bond acceptors (Lipinski definition) is 2. The summed E-state index contributed by atoms with van der Waals surface area (Å²) in [4.78, 5) is 22.5. The number of nitrogens with one attached hydrogen (secondary N) is 1. The molecule has 0 aromatic rings. The molecular formula is C11H22N2O2. The quantitative estimate of drug-likeness (QED) is 0.718. The molecular weight excluding hydrogens is 192 g/mol. The van der Waals surface area contributed by atoms with Gasteiger partial charge in [-0.1, -0.05) is 40.9 Å². The smallest absolute Gasteiger partial charge is 0.304 e. The predicted octanol–water partition coefficient (Wildman–Crippen LogP) is 2.54. The van der Waals surface area contributed by atoms with Gasteiger partial charge in [-0.2, -0.15) is 0 Å². The van der Waals surface area contributed by atoms with Crippen LogP contribution < -0.4 is 5.32 Å². The van der Waals surface area contributed by atoms with Crippen LogP contribution in [0.3, 0.4) is 0 Å². The second-order valence-electron chi connectivity index (χ2n) is 1.79. The lowest BCUT2D eigenvalue weighted by Gasteiger charge is -2.09. The maximum atomic E-state index is 10.8. The molecule has 1 N–H and O–H groups in total. The van der Waals surface area contributed by atoms with Crippen molar-refractivity contribution in [3.05, 3.63) is 25.4 Å². The molecule has 0 aliphatic carbocycles. The summed E-state index contributed by atoms with van der Waals surface area (Å²) in [5.74, 6) is -0.524. The number of imide groups is 1. The molecule has 88 valence electrons. The van der Waals surface area contributed by atoms with Crippen LogP contribution in [0.15, 0.2) is 25.4 Å². The van der Waals surface area contributed by atoms with Gasteiger partial charge in [0.05, 0.1) is 0 Å². The van der Waals surface area contributed by atoms with Gasteiger partial charge in [0, 0.05) is 13.2 Å². The van der Waals surface area contributed by atoms with Crippen molar-refractivity contribution < 1.29 is 9.59 Å². The molecule has 0 saturated heterocycles. The Morgan fingerprint density at radius 3 is 1.80 bits per heavy atom. The Kier molecular flexibility index (Phi) is 19.0. The van der Waals surface area contributed by atoms with E-state index in [4.69, 9.17) is 0 Å². The molecule has 0 spiro atoms. The van der Waals surface area contributed by atoms with Gasteiger partial charge in [0.2, 0.25) is 0 Å². The first-order chi connectivity index (χ1) is 7.11. The molecule has 3 amide bonds. The molecule has 0 aliphatic heterocycles. The fourth-order valence-corrected chi connectivity index (χ4v) is 0.328. The van der Waals surface area contributed by atoms with Crippen molar-refractivity contribution in [2.75, 3.05) is 7.05 Å². The van der Waals surface area contributed by atoms with E-state index in [1.807, 2.05) is 33.0 Å². The Hall–Kier alpha value is -1.58. The number of carbonyl (C=O) groups is 2. The van der Waals surface area contributed by atoms with Crippen LogP contribution in [0.2, 0.25) is 0 Å². The summed E-state index contributed by atoms with van der Waals surface area (Å²) < 4.78 is 0. The van der Waals surface area contributed by atoms with E-state index in [0.29, 0.717) is 0 Å². The van der Waals surface area contributed by atoms with Gasteiger partial charge in [-0.15, -0.1) is 0 Å². The average molecular weight is 214 g/mol. The minimum atomic E-state index is -0.524. The molecule has 0 unspecified atom stereocenters. The number of nitrogens with zero attached hydrogens (tertiary/aromatic N) is 1. The van der Waals surface area contributed by atoms with E-state index in [1.54, 1.807) is 0 Å². The molecule has 0 saturated carbocycles. The molecule has 0 aromatic carbocycles. The average Bonchev–Trinajstić information content (AvgIpc) is 2.32. The van der Waals surface area contributed by atoms with Crippen LogP contribution in [0.5, 0.6) is 0 Å². The number of hydrogen-bond donors (Lipinski definition) is 1.